The van der Waals surface area contributed by atoms with E-state index in [1.54, 1.807) is 7.05 Å². The summed E-state index contributed by atoms with van der Waals surface area (Å²) in [5.74, 6) is 0. The van der Waals surface area contributed by atoms with E-state index in [2.05, 4.69) is 4.90 Å². The first-order chi connectivity index (χ1) is 10.0. The average Bonchev–Trinajstić information content (AvgIpc) is 2.50. The van der Waals surface area contributed by atoms with Crippen molar-refractivity contribution in [3.8, 4) is 0 Å². The molecule has 0 spiro atoms. The molecule has 1 N–H and O–H groups in total. The second kappa shape index (κ2) is 7.04. The van der Waals surface area contributed by atoms with Crippen LogP contribution >= 0.6 is 0 Å². The second-order valence-corrected chi connectivity index (χ2v) is 5.86. The van der Waals surface area contributed by atoms with Crippen LogP contribution in [-0.2, 0) is 20.6 Å². The summed E-state index contributed by atoms with van der Waals surface area (Å²) in [4.78, 5) is 26.0. The molecule has 6 nitrogen and oxygen atoms in total. The summed E-state index contributed by atoms with van der Waals surface area (Å²) in [6, 6.07) is 1.96. The highest BCUT2D eigenvalue weighted by atomic mass is 16.3. The topological polar surface area (TPSA) is 67.5 Å². The SMILES string of the molecule is Cn1c(CN(CCO)C2CCCCC2)cc(=O)n(C)c1=O. The van der Waals surface area contributed by atoms with Crippen molar-refractivity contribution in [3.63, 3.8) is 0 Å². The van der Waals surface area contributed by atoms with Gasteiger partial charge in [-0.15, -0.1) is 0 Å². The van der Waals surface area contributed by atoms with Gasteiger partial charge in [0.05, 0.1) is 6.61 Å². The van der Waals surface area contributed by atoms with Crippen LogP contribution in [0.2, 0.25) is 0 Å². The molecule has 1 aromatic heterocycles. The quantitative estimate of drug-likeness (QED) is 0.843. The fourth-order valence-electron chi connectivity index (χ4n) is 3.10. The molecule has 0 bridgehead atoms. The van der Waals surface area contributed by atoms with Gasteiger partial charge in [-0.2, -0.15) is 0 Å². The van der Waals surface area contributed by atoms with E-state index in [1.807, 2.05) is 0 Å². The molecule has 0 atom stereocenters. The van der Waals surface area contributed by atoms with E-state index in [4.69, 9.17) is 0 Å². The van der Waals surface area contributed by atoms with E-state index in [9.17, 15) is 14.7 Å². The van der Waals surface area contributed by atoms with Crippen LogP contribution in [-0.4, -0.2) is 38.3 Å². The zero-order valence-corrected chi connectivity index (χ0v) is 12.9. The molecule has 0 unspecified atom stereocenters. The Balaban J connectivity index is 2.24. The van der Waals surface area contributed by atoms with Crippen LogP contribution in [0.1, 0.15) is 37.8 Å². The van der Waals surface area contributed by atoms with Crippen molar-refractivity contribution in [2.45, 2.75) is 44.7 Å². The number of rotatable bonds is 5. The molecule has 1 heterocycles. The molecule has 6 heteroatoms. The lowest BCUT2D eigenvalue weighted by atomic mass is 9.94. The number of aliphatic hydroxyl groups is 1. The molecule has 1 aromatic rings. The predicted molar refractivity (Wildman–Crippen MR) is 81.3 cm³/mol. The van der Waals surface area contributed by atoms with Crippen LogP contribution in [0.3, 0.4) is 0 Å². The van der Waals surface area contributed by atoms with Crippen molar-refractivity contribution in [2.75, 3.05) is 13.2 Å². The summed E-state index contributed by atoms with van der Waals surface area (Å²) >= 11 is 0. The standard InChI is InChI=1S/C15H25N3O3/c1-16-13(10-14(20)17(2)15(16)21)11-18(8-9-19)12-6-4-3-5-7-12/h10,12,19H,3-9,11H2,1-2H3. The van der Waals surface area contributed by atoms with E-state index in [0.29, 0.717) is 24.8 Å². The number of hydrogen-bond donors (Lipinski definition) is 1. The van der Waals surface area contributed by atoms with Gasteiger partial charge < -0.3 is 5.11 Å². The summed E-state index contributed by atoms with van der Waals surface area (Å²) in [6.45, 7) is 1.20. The molecule has 1 saturated carbocycles. The maximum Gasteiger partial charge on any atom is 0.330 e. The lowest BCUT2D eigenvalue weighted by molar-refractivity contribution is 0.114. The van der Waals surface area contributed by atoms with E-state index in [0.717, 1.165) is 17.4 Å². The van der Waals surface area contributed by atoms with Crippen LogP contribution in [0, 0.1) is 0 Å². The van der Waals surface area contributed by atoms with Crippen LogP contribution < -0.4 is 11.2 Å². The van der Waals surface area contributed by atoms with E-state index in [1.165, 1.54) is 36.9 Å². The fraction of sp³-hybridized carbons (Fsp3) is 0.733. The third-order valence-electron chi connectivity index (χ3n) is 4.47. The Bertz CT molecular complexity index is 585. The predicted octanol–water partition coefficient (Wildman–Crippen LogP) is 0.211. The molecule has 0 aromatic carbocycles. The van der Waals surface area contributed by atoms with Gasteiger partial charge in [-0.3, -0.25) is 18.8 Å². The highest BCUT2D eigenvalue weighted by Gasteiger charge is 2.22. The number of aromatic nitrogens is 2. The highest BCUT2D eigenvalue weighted by molar-refractivity contribution is 5.02. The lowest BCUT2D eigenvalue weighted by Gasteiger charge is -2.34. The molecule has 1 fully saturated rings. The Labute approximate surface area is 124 Å². The minimum Gasteiger partial charge on any atom is -0.395 e. The van der Waals surface area contributed by atoms with Crippen molar-refractivity contribution in [3.05, 3.63) is 32.6 Å². The van der Waals surface area contributed by atoms with Crippen LogP contribution in [0.15, 0.2) is 15.7 Å². The van der Waals surface area contributed by atoms with Gasteiger partial charge in [0.2, 0.25) is 0 Å². The highest BCUT2D eigenvalue weighted by Crippen LogP contribution is 2.23. The third kappa shape index (κ3) is 3.63. The number of nitrogens with zero attached hydrogens (tertiary/aromatic N) is 3. The first-order valence-corrected chi connectivity index (χ1v) is 7.65. The second-order valence-electron chi connectivity index (χ2n) is 5.86. The maximum atomic E-state index is 12.0. The van der Waals surface area contributed by atoms with Crippen LogP contribution in [0.25, 0.3) is 0 Å². The number of aliphatic hydroxyl groups excluding tert-OH is 1. The largest absolute Gasteiger partial charge is 0.395 e. The van der Waals surface area contributed by atoms with Gasteiger partial charge in [-0.1, -0.05) is 19.3 Å². The van der Waals surface area contributed by atoms with Crippen molar-refractivity contribution in [1.82, 2.24) is 14.0 Å². The van der Waals surface area contributed by atoms with E-state index >= 15 is 0 Å². The molecular formula is C15H25N3O3. The van der Waals surface area contributed by atoms with Crippen molar-refractivity contribution in [1.29, 1.82) is 0 Å². The van der Waals surface area contributed by atoms with Crippen LogP contribution in [0.4, 0.5) is 0 Å². The molecule has 0 radical (unpaired) electrons. The molecule has 118 valence electrons. The fourth-order valence-corrected chi connectivity index (χ4v) is 3.10. The Morgan fingerprint density at radius 3 is 2.48 bits per heavy atom. The minimum atomic E-state index is -0.301. The summed E-state index contributed by atoms with van der Waals surface area (Å²) in [5, 5.41) is 9.29. The monoisotopic (exact) mass is 295 g/mol. The maximum absolute atomic E-state index is 12.0. The normalized spacial score (nSPS) is 16.6. The summed E-state index contributed by atoms with van der Waals surface area (Å²) < 4.78 is 2.63. The average molecular weight is 295 g/mol. The zero-order valence-electron chi connectivity index (χ0n) is 12.9. The number of hydrogen-bond acceptors (Lipinski definition) is 4. The Morgan fingerprint density at radius 2 is 1.86 bits per heavy atom. The first kappa shape index (κ1) is 16.0. The van der Waals surface area contributed by atoms with E-state index < -0.39 is 0 Å². The van der Waals surface area contributed by atoms with Gasteiger partial charge in [0.1, 0.15) is 0 Å². The Morgan fingerprint density at radius 1 is 1.19 bits per heavy atom. The molecule has 0 saturated heterocycles. The molecule has 0 amide bonds. The Hall–Kier alpha value is -1.40. The van der Waals surface area contributed by atoms with Gasteiger partial charge in [0.15, 0.2) is 0 Å². The van der Waals surface area contributed by atoms with Gasteiger partial charge in [-0.05, 0) is 12.8 Å². The van der Waals surface area contributed by atoms with Crippen molar-refractivity contribution in [2.24, 2.45) is 14.1 Å². The molecule has 2 rings (SSSR count). The third-order valence-corrected chi connectivity index (χ3v) is 4.47. The lowest BCUT2D eigenvalue weighted by Crippen LogP contribution is -2.42. The summed E-state index contributed by atoms with van der Waals surface area (Å²) in [5.41, 5.74) is 0.132. The first-order valence-electron chi connectivity index (χ1n) is 7.65. The summed E-state index contributed by atoms with van der Waals surface area (Å²) in [6.07, 6.45) is 5.94. The molecule has 21 heavy (non-hydrogen) atoms. The molecule has 1 aliphatic rings. The smallest absolute Gasteiger partial charge is 0.330 e. The molecule has 0 aliphatic heterocycles. The van der Waals surface area contributed by atoms with Gasteiger partial charge in [-0.25, -0.2) is 4.79 Å². The minimum absolute atomic E-state index is 0.0925. The molecular weight excluding hydrogens is 270 g/mol. The van der Waals surface area contributed by atoms with E-state index in [-0.39, 0.29) is 17.9 Å². The Kier molecular flexibility index (Phi) is 5.36. The van der Waals surface area contributed by atoms with Crippen molar-refractivity contribution >= 4 is 0 Å². The van der Waals surface area contributed by atoms with Gasteiger partial charge in [0, 0.05) is 45.0 Å². The van der Waals surface area contributed by atoms with Crippen molar-refractivity contribution < 1.29 is 5.11 Å². The summed E-state index contributed by atoms with van der Waals surface area (Å²) in [7, 11) is 3.18. The molecule has 1 aliphatic carbocycles. The van der Waals surface area contributed by atoms with Crippen LogP contribution in [0.5, 0.6) is 0 Å². The van der Waals surface area contributed by atoms with Gasteiger partial charge >= 0.3 is 5.69 Å². The van der Waals surface area contributed by atoms with Gasteiger partial charge in [0.25, 0.3) is 5.56 Å². The zero-order chi connectivity index (χ0) is 15.4.